The summed E-state index contributed by atoms with van der Waals surface area (Å²) in [5.74, 6) is -3.25. The molecule has 35 heavy (non-hydrogen) atoms. The van der Waals surface area contributed by atoms with E-state index in [2.05, 4.69) is 4.98 Å². The molecule has 10 heteroatoms. The first-order valence-electron chi connectivity index (χ1n) is 10.6. The van der Waals surface area contributed by atoms with Crippen molar-refractivity contribution in [3.05, 3.63) is 81.6 Å². The molecule has 2 aromatic carbocycles. The SMILES string of the molecule is CCOC(=O)c1sc(N2C(=O)C(=O)C(=C(O)c3ccc(OC)cc3)C2c2ccccc2F)nc1C. The highest BCUT2D eigenvalue weighted by Gasteiger charge is 2.49. The molecule has 0 bridgehead atoms. The largest absolute Gasteiger partial charge is 0.507 e. The van der Waals surface area contributed by atoms with Gasteiger partial charge < -0.3 is 14.6 Å². The predicted octanol–water partition coefficient (Wildman–Crippen LogP) is 4.40. The third kappa shape index (κ3) is 4.28. The minimum absolute atomic E-state index is 0.00713. The average molecular weight is 497 g/mol. The van der Waals surface area contributed by atoms with Crippen molar-refractivity contribution >= 4 is 39.9 Å². The number of amides is 1. The van der Waals surface area contributed by atoms with Crippen LogP contribution in [0.15, 0.2) is 54.1 Å². The second-order valence-corrected chi connectivity index (χ2v) is 8.53. The first-order valence-corrected chi connectivity index (χ1v) is 11.4. The monoisotopic (exact) mass is 496 g/mol. The van der Waals surface area contributed by atoms with Crippen LogP contribution >= 0.6 is 11.3 Å². The third-order valence-corrected chi connectivity index (χ3v) is 6.60. The molecule has 4 rings (SSSR count). The fourth-order valence-electron chi connectivity index (χ4n) is 3.80. The third-order valence-electron chi connectivity index (χ3n) is 5.46. The quantitative estimate of drug-likeness (QED) is 0.233. The molecule has 1 amide bonds. The van der Waals surface area contributed by atoms with Gasteiger partial charge in [-0.15, -0.1) is 0 Å². The molecule has 0 radical (unpaired) electrons. The highest BCUT2D eigenvalue weighted by molar-refractivity contribution is 7.17. The number of methoxy groups -OCH3 is 1. The first kappa shape index (κ1) is 24.1. The number of aliphatic hydroxyl groups is 1. The van der Waals surface area contributed by atoms with E-state index in [0.717, 1.165) is 16.2 Å². The number of benzene rings is 2. The summed E-state index contributed by atoms with van der Waals surface area (Å²) in [6.07, 6.45) is 0. The lowest BCUT2D eigenvalue weighted by Gasteiger charge is -2.23. The van der Waals surface area contributed by atoms with Crippen molar-refractivity contribution in [3.63, 3.8) is 0 Å². The van der Waals surface area contributed by atoms with Gasteiger partial charge in [0, 0.05) is 11.1 Å². The number of aromatic nitrogens is 1. The summed E-state index contributed by atoms with van der Waals surface area (Å²) in [5, 5.41) is 11.1. The molecule has 1 unspecified atom stereocenters. The lowest BCUT2D eigenvalue weighted by Crippen LogP contribution is -2.29. The Morgan fingerprint density at radius 2 is 1.86 bits per heavy atom. The van der Waals surface area contributed by atoms with Crippen molar-refractivity contribution in [3.8, 4) is 5.75 Å². The molecular weight excluding hydrogens is 475 g/mol. The van der Waals surface area contributed by atoms with Crippen LogP contribution in [0.25, 0.3) is 5.76 Å². The van der Waals surface area contributed by atoms with Crippen LogP contribution in [0.1, 0.15) is 39.5 Å². The Hall–Kier alpha value is -4.05. The molecule has 1 aromatic heterocycles. The number of thiazole rings is 1. The number of halogens is 1. The molecule has 2 heterocycles. The molecule has 1 N–H and O–H groups in total. The predicted molar refractivity (Wildman–Crippen MR) is 127 cm³/mol. The van der Waals surface area contributed by atoms with Gasteiger partial charge in [-0.2, -0.15) is 0 Å². The van der Waals surface area contributed by atoms with Gasteiger partial charge in [-0.25, -0.2) is 14.2 Å². The van der Waals surface area contributed by atoms with E-state index in [0.29, 0.717) is 11.4 Å². The van der Waals surface area contributed by atoms with Crippen LogP contribution in [-0.2, 0) is 14.3 Å². The number of carbonyl (C=O) groups excluding carboxylic acids is 3. The molecule has 1 fully saturated rings. The van der Waals surface area contributed by atoms with E-state index >= 15 is 0 Å². The van der Waals surface area contributed by atoms with Gasteiger partial charge in [0.15, 0.2) is 5.13 Å². The van der Waals surface area contributed by atoms with E-state index in [1.165, 1.54) is 37.4 Å². The van der Waals surface area contributed by atoms with Gasteiger partial charge in [0.05, 0.1) is 25.0 Å². The van der Waals surface area contributed by atoms with E-state index < -0.39 is 35.3 Å². The summed E-state index contributed by atoms with van der Waals surface area (Å²) >= 11 is 0.853. The Morgan fingerprint density at radius 3 is 2.49 bits per heavy atom. The minimum Gasteiger partial charge on any atom is -0.507 e. The Balaban J connectivity index is 1.91. The van der Waals surface area contributed by atoms with Crippen molar-refractivity contribution in [2.24, 2.45) is 0 Å². The first-order chi connectivity index (χ1) is 16.8. The van der Waals surface area contributed by atoms with Crippen LogP contribution in [0.3, 0.4) is 0 Å². The molecule has 0 saturated carbocycles. The smallest absolute Gasteiger partial charge is 0.350 e. The molecule has 3 aromatic rings. The average Bonchev–Trinajstić information content (AvgIpc) is 3.36. The summed E-state index contributed by atoms with van der Waals surface area (Å²) in [6.45, 7) is 3.37. The second-order valence-electron chi connectivity index (χ2n) is 7.55. The zero-order chi connectivity index (χ0) is 25.3. The van der Waals surface area contributed by atoms with Gasteiger partial charge in [-0.3, -0.25) is 14.5 Å². The normalized spacial score (nSPS) is 17.0. The van der Waals surface area contributed by atoms with Crippen molar-refractivity contribution in [2.75, 3.05) is 18.6 Å². The van der Waals surface area contributed by atoms with Crippen LogP contribution < -0.4 is 9.64 Å². The fraction of sp³-hybridized carbons (Fsp3) is 0.200. The molecule has 0 aliphatic carbocycles. The van der Waals surface area contributed by atoms with Crippen LogP contribution in [0.5, 0.6) is 5.75 Å². The van der Waals surface area contributed by atoms with Gasteiger partial charge in [-0.05, 0) is 44.2 Å². The van der Waals surface area contributed by atoms with Crippen LogP contribution in [0.4, 0.5) is 9.52 Å². The van der Waals surface area contributed by atoms with Gasteiger partial charge in [0.25, 0.3) is 5.78 Å². The van der Waals surface area contributed by atoms with Crippen LogP contribution in [0.2, 0.25) is 0 Å². The van der Waals surface area contributed by atoms with Gasteiger partial charge in [-0.1, -0.05) is 29.5 Å². The summed E-state index contributed by atoms with van der Waals surface area (Å²) in [7, 11) is 1.49. The molecule has 1 aliphatic rings. The number of ether oxygens (including phenoxy) is 2. The number of esters is 1. The van der Waals surface area contributed by atoms with Gasteiger partial charge >= 0.3 is 11.9 Å². The highest BCUT2D eigenvalue weighted by atomic mass is 32.1. The zero-order valence-corrected chi connectivity index (χ0v) is 19.9. The minimum atomic E-state index is -1.31. The number of carbonyl (C=O) groups is 3. The Kier molecular flexibility index (Phi) is 6.65. The van der Waals surface area contributed by atoms with Gasteiger partial charge in [0.1, 0.15) is 28.2 Å². The Bertz CT molecular complexity index is 1350. The van der Waals surface area contributed by atoms with E-state index in [4.69, 9.17) is 9.47 Å². The number of nitrogens with zero attached hydrogens (tertiary/aromatic N) is 2. The number of ketones is 1. The van der Waals surface area contributed by atoms with E-state index in [9.17, 15) is 23.9 Å². The molecule has 0 spiro atoms. The fourth-order valence-corrected chi connectivity index (χ4v) is 4.78. The van der Waals surface area contributed by atoms with Crippen molar-refractivity contribution in [2.45, 2.75) is 19.9 Å². The van der Waals surface area contributed by atoms with Crippen molar-refractivity contribution in [1.82, 2.24) is 4.98 Å². The summed E-state index contributed by atoms with van der Waals surface area (Å²) in [5.41, 5.74) is 0.239. The topological polar surface area (TPSA) is 106 Å². The number of rotatable bonds is 6. The number of hydrogen-bond acceptors (Lipinski definition) is 8. The number of aliphatic hydroxyl groups excluding tert-OH is 1. The van der Waals surface area contributed by atoms with E-state index in [-0.39, 0.29) is 33.3 Å². The Morgan fingerprint density at radius 1 is 1.17 bits per heavy atom. The lowest BCUT2D eigenvalue weighted by molar-refractivity contribution is -0.132. The maximum absolute atomic E-state index is 15.0. The van der Waals surface area contributed by atoms with E-state index in [1.807, 2.05) is 0 Å². The molecule has 1 atom stereocenters. The van der Waals surface area contributed by atoms with Gasteiger partial charge in [0.2, 0.25) is 0 Å². The maximum atomic E-state index is 15.0. The molecule has 1 aliphatic heterocycles. The highest BCUT2D eigenvalue weighted by Crippen LogP contribution is 2.44. The maximum Gasteiger partial charge on any atom is 0.350 e. The molecular formula is C25H21FN2O6S. The summed E-state index contributed by atoms with van der Waals surface area (Å²) in [4.78, 5) is 44.2. The molecule has 1 saturated heterocycles. The summed E-state index contributed by atoms with van der Waals surface area (Å²) < 4.78 is 25.1. The van der Waals surface area contributed by atoms with Crippen LogP contribution in [0, 0.1) is 12.7 Å². The van der Waals surface area contributed by atoms with Crippen LogP contribution in [-0.4, -0.2) is 41.5 Å². The van der Waals surface area contributed by atoms with Crippen molar-refractivity contribution < 1.29 is 33.4 Å². The number of hydrogen-bond donors (Lipinski definition) is 1. The lowest BCUT2D eigenvalue weighted by atomic mass is 9.95. The standard InChI is InChI=1S/C25H21FN2O6S/c1-4-34-24(32)22-13(2)27-25(35-22)28-19(16-7-5-6-8-17(16)26)18(21(30)23(28)31)20(29)14-9-11-15(33-3)12-10-14/h5-12,19,29H,4H2,1-3H3. The second kappa shape index (κ2) is 9.67. The van der Waals surface area contributed by atoms with Crippen molar-refractivity contribution in [1.29, 1.82) is 0 Å². The zero-order valence-electron chi connectivity index (χ0n) is 19.1. The number of anilines is 1. The molecule has 8 nitrogen and oxygen atoms in total. The number of Topliss-reactive ketones (excluding diaryl/α,β-unsaturated/α-hetero) is 1. The Labute approximate surface area is 204 Å². The molecule has 180 valence electrons. The van der Waals surface area contributed by atoms with E-state index in [1.54, 1.807) is 32.0 Å². The number of aryl methyl sites for hydroxylation is 1. The summed E-state index contributed by atoms with van der Waals surface area (Å²) in [6, 6.07) is 10.5.